The number of hydrogen-bond acceptors (Lipinski definition) is 2. The summed E-state index contributed by atoms with van der Waals surface area (Å²) < 4.78 is 15.4. The number of benzene rings is 1. The molecule has 0 aliphatic heterocycles. The molecule has 0 saturated heterocycles. The minimum atomic E-state index is -0.330. The second-order valence-corrected chi connectivity index (χ2v) is 5.71. The zero-order chi connectivity index (χ0) is 16.1. The van der Waals surface area contributed by atoms with Crippen LogP contribution >= 0.6 is 23.8 Å². The van der Waals surface area contributed by atoms with Crippen LogP contribution in [0.3, 0.4) is 0 Å². The van der Waals surface area contributed by atoms with Crippen LogP contribution in [0.5, 0.6) is 0 Å². The topological polar surface area (TPSA) is 41.9 Å². The molecule has 0 spiro atoms. The molecule has 22 heavy (non-hydrogen) atoms. The van der Waals surface area contributed by atoms with Crippen molar-refractivity contribution in [2.24, 2.45) is 0 Å². The van der Waals surface area contributed by atoms with Gasteiger partial charge in [0.2, 0.25) is 0 Å². The maximum Gasteiger partial charge on any atom is 0.170 e. The average Bonchev–Trinajstić information content (AvgIpc) is 2.73. The molecule has 0 unspecified atom stereocenters. The first-order chi connectivity index (χ1) is 10.5. The summed E-state index contributed by atoms with van der Waals surface area (Å²) in [6, 6.07) is 6.41. The predicted octanol–water partition coefficient (Wildman–Crippen LogP) is 3.67. The van der Waals surface area contributed by atoms with E-state index in [0.717, 1.165) is 24.4 Å². The van der Waals surface area contributed by atoms with E-state index in [-0.39, 0.29) is 5.82 Å². The molecule has 0 bridgehead atoms. The van der Waals surface area contributed by atoms with Gasteiger partial charge in [0.05, 0.1) is 22.1 Å². The van der Waals surface area contributed by atoms with Crippen molar-refractivity contribution in [2.45, 2.75) is 26.8 Å². The molecule has 0 radical (unpaired) electrons. The van der Waals surface area contributed by atoms with Crippen LogP contribution < -0.4 is 10.6 Å². The van der Waals surface area contributed by atoms with E-state index in [1.807, 2.05) is 18.5 Å². The number of rotatable bonds is 5. The largest absolute Gasteiger partial charge is 0.362 e. The van der Waals surface area contributed by atoms with Crippen molar-refractivity contribution in [3.8, 4) is 0 Å². The minimum Gasteiger partial charge on any atom is -0.362 e. The summed E-state index contributed by atoms with van der Waals surface area (Å²) in [6.07, 6.45) is 0.831. The molecule has 0 amide bonds. The van der Waals surface area contributed by atoms with Gasteiger partial charge < -0.3 is 10.6 Å². The van der Waals surface area contributed by atoms with Gasteiger partial charge in [-0.25, -0.2) is 4.39 Å². The van der Waals surface area contributed by atoms with Gasteiger partial charge in [-0.3, -0.25) is 4.68 Å². The molecule has 7 heteroatoms. The predicted molar refractivity (Wildman–Crippen MR) is 92.0 cm³/mol. The maximum atomic E-state index is 13.5. The quantitative estimate of drug-likeness (QED) is 0.643. The van der Waals surface area contributed by atoms with Crippen LogP contribution in [-0.2, 0) is 6.54 Å². The van der Waals surface area contributed by atoms with Gasteiger partial charge in [0.1, 0.15) is 5.82 Å². The molecule has 0 aliphatic carbocycles. The monoisotopic (exact) mass is 340 g/mol. The van der Waals surface area contributed by atoms with Crippen LogP contribution in [0.2, 0.25) is 5.02 Å². The van der Waals surface area contributed by atoms with Crippen LogP contribution in [0.4, 0.5) is 10.1 Å². The third-order valence-corrected chi connectivity index (χ3v) is 4.04. The summed E-state index contributed by atoms with van der Waals surface area (Å²) in [5.41, 5.74) is 2.17. The van der Waals surface area contributed by atoms with Gasteiger partial charge in [0, 0.05) is 13.1 Å². The first-order valence-corrected chi connectivity index (χ1v) is 7.76. The lowest BCUT2D eigenvalue weighted by Gasteiger charge is -2.11. The van der Waals surface area contributed by atoms with E-state index in [0.29, 0.717) is 22.4 Å². The molecule has 0 aliphatic rings. The number of anilines is 1. The summed E-state index contributed by atoms with van der Waals surface area (Å²) in [5.74, 6) is -0.330. The third kappa shape index (κ3) is 4.18. The van der Waals surface area contributed by atoms with Gasteiger partial charge in [-0.15, -0.1) is 0 Å². The number of aryl methyl sites for hydroxylation is 2. The van der Waals surface area contributed by atoms with E-state index in [1.165, 1.54) is 6.07 Å². The van der Waals surface area contributed by atoms with Crippen LogP contribution in [0, 0.1) is 19.7 Å². The van der Waals surface area contributed by atoms with Crippen LogP contribution in [0.25, 0.3) is 0 Å². The lowest BCUT2D eigenvalue weighted by molar-refractivity contribution is 0.558. The fourth-order valence-electron chi connectivity index (χ4n) is 2.05. The lowest BCUT2D eigenvalue weighted by atomic mass is 10.3. The first-order valence-electron chi connectivity index (χ1n) is 6.98. The number of hydrogen-bond donors (Lipinski definition) is 2. The summed E-state index contributed by atoms with van der Waals surface area (Å²) >= 11 is 11.2. The molecule has 2 rings (SSSR count). The van der Waals surface area contributed by atoms with E-state index in [4.69, 9.17) is 23.8 Å². The SMILES string of the molecule is Cc1nn(CCCNC(=S)Nc2ccccc2F)c(C)c1Cl. The zero-order valence-electron chi connectivity index (χ0n) is 12.5. The number of aromatic nitrogens is 2. The Labute approximate surface area is 139 Å². The summed E-state index contributed by atoms with van der Waals surface area (Å²) in [7, 11) is 0. The number of halogens is 2. The molecule has 0 fully saturated rings. The van der Waals surface area contributed by atoms with E-state index in [2.05, 4.69) is 15.7 Å². The van der Waals surface area contributed by atoms with Gasteiger partial charge in [0.15, 0.2) is 5.11 Å². The number of nitrogens with zero attached hydrogens (tertiary/aromatic N) is 2. The average molecular weight is 341 g/mol. The summed E-state index contributed by atoms with van der Waals surface area (Å²) in [6.45, 7) is 5.24. The standard InChI is InChI=1S/C15H18ClFN4S/c1-10-14(16)11(2)21(20-10)9-5-8-18-15(22)19-13-7-4-3-6-12(13)17/h3-4,6-7H,5,8-9H2,1-2H3,(H2,18,19,22). The third-order valence-electron chi connectivity index (χ3n) is 3.25. The van der Waals surface area contributed by atoms with E-state index >= 15 is 0 Å². The second kappa shape index (κ2) is 7.56. The van der Waals surface area contributed by atoms with Gasteiger partial charge in [-0.1, -0.05) is 23.7 Å². The van der Waals surface area contributed by atoms with Crippen LogP contribution in [0.15, 0.2) is 24.3 Å². The van der Waals surface area contributed by atoms with E-state index in [9.17, 15) is 4.39 Å². The Bertz CT molecular complexity index is 672. The van der Waals surface area contributed by atoms with E-state index < -0.39 is 0 Å². The highest BCUT2D eigenvalue weighted by Crippen LogP contribution is 2.18. The Morgan fingerprint density at radius 1 is 1.36 bits per heavy atom. The Kier molecular flexibility index (Phi) is 5.74. The van der Waals surface area contributed by atoms with Crippen molar-refractivity contribution < 1.29 is 4.39 Å². The van der Waals surface area contributed by atoms with Crippen molar-refractivity contribution in [1.82, 2.24) is 15.1 Å². The van der Waals surface area contributed by atoms with Gasteiger partial charge in [0.25, 0.3) is 0 Å². The molecule has 1 aromatic carbocycles. The zero-order valence-corrected chi connectivity index (χ0v) is 14.1. The molecule has 1 heterocycles. The summed E-state index contributed by atoms with van der Waals surface area (Å²) in [4.78, 5) is 0. The van der Waals surface area contributed by atoms with Gasteiger partial charge >= 0.3 is 0 Å². The van der Waals surface area contributed by atoms with E-state index in [1.54, 1.807) is 18.2 Å². The number of thiocarbonyl (C=S) groups is 1. The normalized spacial score (nSPS) is 10.5. The molecule has 118 valence electrons. The van der Waals surface area contributed by atoms with Crippen molar-refractivity contribution in [3.05, 3.63) is 46.5 Å². The van der Waals surface area contributed by atoms with Crippen LogP contribution in [-0.4, -0.2) is 21.4 Å². The fourth-order valence-corrected chi connectivity index (χ4v) is 2.40. The molecule has 4 nitrogen and oxygen atoms in total. The molecule has 2 N–H and O–H groups in total. The highest BCUT2D eigenvalue weighted by Gasteiger charge is 2.08. The van der Waals surface area contributed by atoms with Gasteiger partial charge in [-0.2, -0.15) is 5.10 Å². The van der Waals surface area contributed by atoms with Crippen LogP contribution in [0.1, 0.15) is 17.8 Å². The van der Waals surface area contributed by atoms with Crippen molar-refractivity contribution in [1.29, 1.82) is 0 Å². The molecule has 0 saturated carbocycles. The molecule has 2 aromatic rings. The van der Waals surface area contributed by atoms with Gasteiger partial charge in [-0.05, 0) is 44.6 Å². The highest BCUT2D eigenvalue weighted by molar-refractivity contribution is 7.80. The summed E-state index contributed by atoms with van der Waals surface area (Å²) in [5, 5.41) is 11.4. The maximum absolute atomic E-state index is 13.5. The Morgan fingerprint density at radius 3 is 2.73 bits per heavy atom. The Balaban J connectivity index is 1.76. The number of para-hydroxylation sites is 1. The Morgan fingerprint density at radius 2 is 2.09 bits per heavy atom. The smallest absolute Gasteiger partial charge is 0.170 e. The van der Waals surface area contributed by atoms with Crippen molar-refractivity contribution in [3.63, 3.8) is 0 Å². The molecule has 0 atom stereocenters. The highest BCUT2D eigenvalue weighted by atomic mass is 35.5. The minimum absolute atomic E-state index is 0.330. The van der Waals surface area contributed by atoms with Crippen molar-refractivity contribution >= 4 is 34.6 Å². The molecular weight excluding hydrogens is 323 g/mol. The lowest BCUT2D eigenvalue weighted by Crippen LogP contribution is -2.30. The molecule has 1 aromatic heterocycles. The fraction of sp³-hybridized carbons (Fsp3) is 0.333. The Hall–Kier alpha value is -1.66. The first kappa shape index (κ1) is 16.7. The second-order valence-electron chi connectivity index (χ2n) is 4.92. The van der Waals surface area contributed by atoms with Crippen molar-refractivity contribution in [2.75, 3.05) is 11.9 Å². The number of nitrogens with one attached hydrogen (secondary N) is 2. The molecular formula is C15H18ClFN4S.